The van der Waals surface area contributed by atoms with Gasteiger partial charge in [-0.2, -0.15) is 0 Å². The smallest absolute Gasteiger partial charge is 0.00914 e. The van der Waals surface area contributed by atoms with Gasteiger partial charge in [-0.15, -0.1) is 0 Å². The average molecular weight is 288 g/mol. The highest BCUT2D eigenvalue weighted by Crippen LogP contribution is 2.18. The summed E-state index contributed by atoms with van der Waals surface area (Å²) in [6, 6.07) is 11.6. The lowest BCUT2D eigenvalue weighted by Gasteiger charge is -2.33. The SMILES string of the molecule is CC(C)(C)CCNC1CCN(CCc2ccccc2)CC1. The van der Waals surface area contributed by atoms with E-state index in [-0.39, 0.29) is 0 Å². The predicted octanol–water partition coefficient (Wildman–Crippen LogP) is 3.72. The van der Waals surface area contributed by atoms with Crippen LogP contribution in [0.15, 0.2) is 30.3 Å². The van der Waals surface area contributed by atoms with Crippen molar-refractivity contribution < 1.29 is 0 Å². The molecule has 0 aliphatic carbocycles. The molecule has 0 saturated carbocycles. The van der Waals surface area contributed by atoms with Crippen molar-refractivity contribution in [1.29, 1.82) is 0 Å². The zero-order chi connectivity index (χ0) is 15.1. The summed E-state index contributed by atoms with van der Waals surface area (Å²) in [5, 5.41) is 3.75. The third-order valence-electron chi connectivity index (χ3n) is 4.46. The summed E-state index contributed by atoms with van der Waals surface area (Å²) >= 11 is 0. The van der Waals surface area contributed by atoms with Gasteiger partial charge < -0.3 is 10.2 Å². The van der Waals surface area contributed by atoms with Crippen molar-refractivity contribution in [3.63, 3.8) is 0 Å². The molecule has 2 nitrogen and oxygen atoms in total. The Balaban J connectivity index is 1.60. The molecule has 0 aromatic heterocycles. The number of piperidine rings is 1. The molecule has 1 aromatic carbocycles. The molecular weight excluding hydrogens is 256 g/mol. The Morgan fingerprint density at radius 2 is 1.76 bits per heavy atom. The first-order valence-corrected chi connectivity index (χ1v) is 8.53. The van der Waals surface area contributed by atoms with Crippen molar-refractivity contribution in [1.82, 2.24) is 10.2 Å². The van der Waals surface area contributed by atoms with Crippen LogP contribution in [0.3, 0.4) is 0 Å². The van der Waals surface area contributed by atoms with Gasteiger partial charge in [0, 0.05) is 12.6 Å². The first-order chi connectivity index (χ1) is 10.0. The molecular formula is C19H32N2. The zero-order valence-corrected chi connectivity index (χ0v) is 14.1. The first-order valence-electron chi connectivity index (χ1n) is 8.53. The molecule has 0 amide bonds. The minimum atomic E-state index is 0.448. The molecule has 1 fully saturated rings. The topological polar surface area (TPSA) is 15.3 Å². The Kier molecular flexibility index (Phi) is 6.25. The number of rotatable bonds is 6. The highest BCUT2D eigenvalue weighted by atomic mass is 15.1. The van der Waals surface area contributed by atoms with Crippen molar-refractivity contribution in [2.45, 2.75) is 52.5 Å². The van der Waals surface area contributed by atoms with Crippen LogP contribution < -0.4 is 5.32 Å². The summed E-state index contributed by atoms with van der Waals surface area (Å²) in [6.45, 7) is 11.8. The van der Waals surface area contributed by atoms with Crippen LogP contribution in [-0.2, 0) is 6.42 Å². The average Bonchev–Trinajstić information content (AvgIpc) is 2.46. The Morgan fingerprint density at radius 3 is 2.38 bits per heavy atom. The van der Waals surface area contributed by atoms with Crippen molar-refractivity contribution in [2.24, 2.45) is 5.41 Å². The van der Waals surface area contributed by atoms with E-state index in [0.29, 0.717) is 5.41 Å². The van der Waals surface area contributed by atoms with E-state index >= 15 is 0 Å². The fraction of sp³-hybridized carbons (Fsp3) is 0.684. The number of nitrogens with zero attached hydrogens (tertiary/aromatic N) is 1. The van der Waals surface area contributed by atoms with Crippen molar-refractivity contribution in [2.75, 3.05) is 26.2 Å². The van der Waals surface area contributed by atoms with Gasteiger partial charge in [-0.25, -0.2) is 0 Å². The van der Waals surface area contributed by atoms with Gasteiger partial charge in [0.05, 0.1) is 0 Å². The molecule has 1 aliphatic rings. The van der Waals surface area contributed by atoms with E-state index in [2.05, 4.69) is 61.3 Å². The second kappa shape index (κ2) is 7.95. The molecule has 1 heterocycles. The normalized spacial score (nSPS) is 18.0. The standard InChI is InChI=1S/C19H32N2/c1-19(2,3)12-13-20-18-10-15-21(16-11-18)14-9-17-7-5-4-6-8-17/h4-8,18,20H,9-16H2,1-3H3. The number of hydrogen-bond donors (Lipinski definition) is 1. The van der Waals surface area contributed by atoms with Gasteiger partial charge >= 0.3 is 0 Å². The van der Waals surface area contributed by atoms with Crippen LogP contribution in [0.25, 0.3) is 0 Å². The maximum atomic E-state index is 3.75. The number of likely N-dealkylation sites (tertiary alicyclic amines) is 1. The van der Waals surface area contributed by atoms with Crippen molar-refractivity contribution in [3.05, 3.63) is 35.9 Å². The van der Waals surface area contributed by atoms with Crippen LogP contribution in [0, 0.1) is 5.41 Å². The molecule has 1 saturated heterocycles. The Hall–Kier alpha value is -0.860. The Labute approximate surface area is 130 Å². The Morgan fingerprint density at radius 1 is 1.10 bits per heavy atom. The summed E-state index contributed by atoms with van der Waals surface area (Å²) in [6.07, 6.45) is 5.06. The fourth-order valence-corrected chi connectivity index (χ4v) is 2.94. The lowest BCUT2D eigenvalue weighted by Crippen LogP contribution is -2.43. The van der Waals surface area contributed by atoms with E-state index in [9.17, 15) is 0 Å². The van der Waals surface area contributed by atoms with E-state index in [1.807, 2.05) is 0 Å². The van der Waals surface area contributed by atoms with Crippen LogP contribution in [0.4, 0.5) is 0 Å². The van der Waals surface area contributed by atoms with Gasteiger partial charge in [0.15, 0.2) is 0 Å². The zero-order valence-electron chi connectivity index (χ0n) is 14.1. The molecule has 1 aliphatic heterocycles. The number of nitrogens with one attached hydrogen (secondary N) is 1. The van der Waals surface area contributed by atoms with Crippen molar-refractivity contribution in [3.8, 4) is 0 Å². The largest absolute Gasteiger partial charge is 0.314 e. The van der Waals surface area contributed by atoms with Gasteiger partial charge in [-0.3, -0.25) is 0 Å². The molecule has 21 heavy (non-hydrogen) atoms. The molecule has 1 N–H and O–H groups in total. The quantitative estimate of drug-likeness (QED) is 0.858. The monoisotopic (exact) mass is 288 g/mol. The van der Waals surface area contributed by atoms with E-state index in [1.54, 1.807) is 0 Å². The molecule has 2 heteroatoms. The van der Waals surface area contributed by atoms with Crippen LogP contribution in [0.2, 0.25) is 0 Å². The first kappa shape index (κ1) is 16.5. The minimum absolute atomic E-state index is 0.448. The third-order valence-corrected chi connectivity index (χ3v) is 4.46. The molecule has 0 atom stereocenters. The van der Waals surface area contributed by atoms with E-state index in [1.165, 1.54) is 50.9 Å². The summed E-state index contributed by atoms with van der Waals surface area (Å²) in [4.78, 5) is 2.62. The molecule has 0 bridgehead atoms. The van der Waals surface area contributed by atoms with E-state index < -0.39 is 0 Å². The fourth-order valence-electron chi connectivity index (χ4n) is 2.94. The number of benzene rings is 1. The van der Waals surface area contributed by atoms with Gasteiger partial charge in [-0.1, -0.05) is 51.1 Å². The van der Waals surface area contributed by atoms with E-state index in [0.717, 1.165) is 12.6 Å². The lowest BCUT2D eigenvalue weighted by atomic mass is 9.92. The summed E-state index contributed by atoms with van der Waals surface area (Å²) in [5.74, 6) is 0. The molecule has 0 unspecified atom stereocenters. The molecule has 1 aromatic rings. The van der Waals surface area contributed by atoms with Crippen LogP contribution in [0.1, 0.15) is 45.6 Å². The van der Waals surface area contributed by atoms with E-state index in [4.69, 9.17) is 0 Å². The summed E-state index contributed by atoms with van der Waals surface area (Å²) in [7, 11) is 0. The summed E-state index contributed by atoms with van der Waals surface area (Å²) in [5.41, 5.74) is 1.91. The number of hydrogen-bond acceptors (Lipinski definition) is 2. The highest BCUT2D eigenvalue weighted by Gasteiger charge is 2.19. The second-order valence-electron chi connectivity index (χ2n) is 7.62. The lowest BCUT2D eigenvalue weighted by molar-refractivity contribution is 0.196. The van der Waals surface area contributed by atoms with Gasteiger partial charge in [0.25, 0.3) is 0 Å². The molecule has 118 valence electrons. The summed E-state index contributed by atoms with van der Waals surface area (Å²) < 4.78 is 0. The van der Waals surface area contributed by atoms with Crippen LogP contribution >= 0.6 is 0 Å². The van der Waals surface area contributed by atoms with Gasteiger partial charge in [-0.05, 0) is 56.3 Å². The van der Waals surface area contributed by atoms with Crippen LogP contribution in [0.5, 0.6) is 0 Å². The molecule has 0 radical (unpaired) electrons. The van der Waals surface area contributed by atoms with Gasteiger partial charge in [0.2, 0.25) is 0 Å². The van der Waals surface area contributed by atoms with Gasteiger partial charge in [0.1, 0.15) is 0 Å². The highest BCUT2D eigenvalue weighted by molar-refractivity contribution is 5.14. The maximum absolute atomic E-state index is 3.75. The second-order valence-corrected chi connectivity index (χ2v) is 7.62. The minimum Gasteiger partial charge on any atom is -0.314 e. The predicted molar refractivity (Wildman–Crippen MR) is 91.7 cm³/mol. The third kappa shape index (κ3) is 6.62. The molecule has 2 rings (SSSR count). The molecule has 0 spiro atoms. The maximum Gasteiger partial charge on any atom is 0.00914 e. The Bertz CT molecular complexity index is 386. The van der Waals surface area contributed by atoms with Crippen LogP contribution in [-0.4, -0.2) is 37.1 Å². The van der Waals surface area contributed by atoms with Crippen molar-refractivity contribution >= 4 is 0 Å².